The van der Waals surface area contributed by atoms with E-state index >= 15 is 0 Å². The normalized spacial score (nSPS) is 15.2. The summed E-state index contributed by atoms with van der Waals surface area (Å²) in [6.07, 6.45) is 5.31. The first-order valence-electron chi connectivity index (χ1n) is 6.10. The predicted octanol–water partition coefficient (Wildman–Crippen LogP) is 2.72. The van der Waals surface area contributed by atoms with Gasteiger partial charge in [0.05, 0.1) is 0 Å². The summed E-state index contributed by atoms with van der Waals surface area (Å²) in [5.74, 6) is -0.388. The van der Waals surface area contributed by atoms with E-state index in [1.54, 1.807) is 0 Å². The molecular formula is C11H20F2N4. The zero-order valence-corrected chi connectivity index (χ0v) is 10.4. The second kappa shape index (κ2) is 7.09. The summed E-state index contributed by atoms with van der Waals surface area (Å²) in [5, 5.41) is 2.89. The van der Waals surface area contributed by atoms with Crippen molar-refractivity contribution in [2.24, 2.45) is 5.10 Å². The minimum atomic E-state index is -0.820. The first kappa shape index (κ1) is 13.7. The van der Waals surface area contributed by atoms with Gasteiger partial charge in [-0.05, 0) is 18.2 Å². The van der Waals surface area contributed by atoms with E-state index in [4.69, 9.17) is 0 Å². The minimum absolute atomic E-state index is 0.0877. The third-order valence-electron chi connectivity index (χ3n) is 2.55. The number of nitrogens with zero attached hydrogens (tertiary/aromatic N) is 3. The first-order valence-corrected chi connectivity index (χ1v) is 6.10. The average molecular weight is 246 g/mol. The molecule has 0 aliphatic carbocycles. The fraction of sp³-hybridized carbons (Fsp3) is 0.727. The molecule has 6 heteroatoms. The molecule has 0 aromatic carbocycles. The molecule has 0 radical (unpaired) electrons. The van der Waals surface area contributed by atoms with Gasteiger partial charge in [0.1, 0.15) is 5.82 Å². The van der Waals surface area contributed by atoms with Gasteiger partial charge < -0.3 is 4.90 Å². The Balaban J connectivity index is 2.64. The zero-order valence-electron chi connectivity index (χ0n) is 10.4. The maximum atomic E-state index is 13.0. The third kappa shape index (κ3) is 4.58. The molecule has 1 N–H and O–H groups in total. The number of hydrogen-bond acceptors (Lipinski definition) is 4. The molecule has 1 aliphatic rings. The molecule has 0 fully saturated rings. The maximum Gasteiger partial charge on any atom is 0.239 e. The van der Waals surface area contributed by atoms with Crippen molar-refractivity contribution in [3.63, 3.8) is 0 Å². The van der Waals surface area contributed by atoms with Crippen molar-refractivity contribution < 1.29 is 8.87 Å². The van der Waals surface area contributed by atoms with Gasteiger partial charge in [0.15, 0.2) is 0 Å². The number of nitrogens with one attached hydrogen (secondary N) is 1. The van der Waals surface area contributed by atoms with E-state index in [0.717, 1.165) is 38.8 Å². The standard InChI is InChI=1S/C11H20F2N4/c1-3-5-7-16(8-6-4-2)11-9-10(12)14-17(13)15-11/h9,15H,3-8H2,1-2H3. The van der Waals surface area contributed by atoms with Crippen LogP contribution in [-0.4, -0.2) is 29.3 Å². The van der Waals surface area contributed by atoms with E-state index < -0.39 is 5.97 Å². The summed E-state index contributed by atoms with van der Waals surface area (Å²) in [4.78, 5) is 1.95. The fourth-order valence-corrected chi connectivity index (χ4v) is 1.59. The van der Waals surface area contributed by atoms with Crippen LogP contribution in [0.4, 0.5) is 8.87 Å². The molecule has 98 valence electrons. The van der Waals surface area contributed by atoms with Crippen molar-refractivity contribution in [2.75, 3.05) is 13.1 Å². The van der Waals surface area contributed by atoms with Crippen molar-refractivity contribution in [1.82, 2.24) is 15.7 Å². The highest BCUT2D eigenvalue weighted by Gasteiger charge is 2.17. The molecule has 0 unspecified atom stereocenters. The lowest BCUT2D eigenvalue weighted by molar-refractivity contribution is -0.0318. The summed E-state index contributed by atoms with van der Waals surface area (Å²) in [6.45, 7) is 5.75. The number of rotatable bonds is 7. The Hall–Kier alpha value is -1.33. The molecule has 0 saturated heterocycles. The van der Waals surface area contributed by atoms with Gasteiger partial charge in [-0.2, -0.15) is 4.39 Å². The Morgan fingerprint density at radius 3 is 2.35 bits per heavy atom. The Bertz CT molecular complexity index is 283. The van der Waals surface area contributed by atoms with E-state index in [0.29, 0.717) is 5.82 Å². The molecule has 1 rings (SSSR count). The molecule has 1 heterocycles. The lowest BCUT2D eigenvalue weighted by Gasteiger charge is -2.29. The topological polar surface area (TPSA) is 30.9 Å². The van der Waals surface area contributed by atoms with Crippen LogP contribution in [0.3, 0.4) is 0 Å². The largest absolute Gasteiger partial charge is 0.357 e. The highest BCUT2D eigenvalue weighted by atomic mass is 19.2. The van der Waals surface area contributed by atoms with Crippen LogP contribution in [0.5, 0.6) is 0 Å². The first-order chi connectivity index (χ1) is 8.17. The number of unbranched alkanes of at least 4 members (excludes halogenated alkanes) is 2. The second-order valence-corrected chi connectivity index (χ2v) is 4.02. The molecular weight excluding hydrogens is 226 g/mol. The monoisotopic (exact) mass is 246 g/mol. The van der Waals surface area contributed by atoms with E-state index in [2.05, 4.69) is 24.4 Å². The molecule has 0 bridgehead atoms. The number of hydrazine groups is 1. The van der Waals surface area contributed by atoms with Crippen LogP contribution in [0, 0.1) is 0 Å². The van der Waals surface area contributed by atoms with Gasteiger partial charge in [-0.1, -0.05) is 36.3 Å². The van der Waals surface area contributed by atoms with Crippen molar-refractivity contribution in [2.45, 2.75) is 39.5 Å². The fourth-order valence-electron chi connectivity index (χ4n) is 1.59. The highest BCUT2D eigenvalue weighted by Crippen LogP contribution is 2.11. The molecule has 0 spiro atoms. The summed E-state index contributed by atoms with van der Waals surface area (Å²) in [5.41, 5.74) is 2.39. The van der Waals surface area contributed by atoms with Crippen molar-refractivity contribution in [1.29, 1.82) is 0 Å². The quantitative estimate of drug-likeness (QED) is 0.701. The molecule has 17 heavy (non-hydrogen) atoms. The van der Waals surface area contributed by atoms with Crippen LogP contribution in [0.25, 0.3) is 0 Å². The average Bonchev–Trinajstić information content (AvgIpc) is 2.28. The Morgan fingerprint density at radius 1 is 1.29 bits per heavy atom. The minimum Gasteiger partial charge on any atom is -0.357 e. The predicted molar refractivity (Wildman–Crippen MR) is 64.1 cm³/mol. The highest BCUT2D eigenvalue weighted by molar-refractivity contribution is 5.87. The summed E-state index contributed by atoms with van der Waals surface area (Å²) < 4.78 is 25.9. The van der Waals surface area contributed by atoms with Crippen LogP contribution >= 0.6 is 0 Å². The van der Waals surface area contributed by atoms with Gasteiger partial charge in [-0.15, -0.1) is 0 Å². The molecule has 1 aliphatic heterocycles. The number of allylic oxidation sites excluding steroid dienone is 1. The lowest BCUT2D eigenvalue weighted by Crippen LogP contribution is -2.40. The molecule has 4 nitrogen and oxygen atoms in total. The Kier molecular flexibility index (Phi) is 5.72. The van der Waals surface area contributed by atoms with Gasteiger partial charge >= 0.3 is 0 Å². The lowest BCUT2D eigenvalue weighted by atomic mass is 10.2. The molecule has 0 aromatic rings. The summed E-state index contributed by atoms with van der Waals surface area (Å²) >= 11 is 0. The number of hydrazone groups is 1. The SMILES string of the molecule is CCCCN(CCCC)C1=CC(F)=NN(F)N1. The van der Waals surface area contributed by atoms with E-state index in [9.17, 15) is 8.87 Å². The van der Waals surface area contributed by atoms with Gasteiger partial charge in [0.25, 0.3) is 0 Å². The van der Waals surface area contributed by atoms with Gasteiger partial charge in [0, 0.05) is 19.2 Å². The molecule has 0 saturated carbocycles. The van der Waals surface area contributed by atoms with Crippen LogP contribution in [0.2, 0.25) is 0 Å². The van der Waals surface area contributed by atoms with Crippen LogP contribution in [0.15, 0.2) is 17.0 Å². The van der Waals surface area contributed by atoms with Crippen LogP contribution in [0.1, 0.15) is 39.5 Å². The summed E-state index contributed by atoms with van der Waals surface area (Å²) in [7, 11) is 0. The van der Waals surface area contributed by atoms with Crippen LogP contribution in [-0.2, 0) is 0 Å². The maximum absolute atomic E-state index is 13.0. The summed E-state index contributed by atoms with van der Waals surface area (Å²) in [6, 6.07) is 0. The van der Waals surface area contributed by atoms with Crippen molar-refractivity contribution in [3.8, 4) is 0 Å². The second-order valence-electron chi connectivity index (χ2n) is 4.02. The molecule has 0 amide bonds. The van der Waals surface area contributed by atoms with E-state index in [-0.39, 0.29) is 5.34 Å². The van der Waals surface area contributed by atoms with Gasteiger partial charge in [0.2, 0.25) is 5.97 Å². The zero-order chi connectivity index (χ0) is 12.7. The Labute approximate surface area is 101 Å². The smallest absolute Gasteiger partial charge is 0.239 e. The van der Waals surface area contributed by atoms with Crippen molar-refractivity contribution >= 4 is 5.97 Å². The third-order valence-corrected chi connectivity index (χ3v) is 2.55. The van der Waals surface area contributed by atoms with Gasteiger partial charge in [-0.25, -0.2) is 5.43 Å². The number of hydrogen-bond donors (Lipinski definition) is 1. The van der Waals surface area contributed by atoms with Gasteiger partial charge in [-0.3, -0.25) is 0 Å². The molecule has 0 aromatic heterocycles. The Morgan fingerprint density at radius 2 is 1.88 bits per heavy atom. The molecule has 0 atom stereocenters. The van der Waals surface area contributed by atoms with Crippen molar-refractivity contribution in [3.05, 3.63) is 11.9 Å². The van der Waals surface area contributed by atoms with E-state index in [1.165, 1.54) is 6.08 Å². The number of halogens is 2. The van der Waals surface area contributed by atoms with Crippen LogP contribution < -0.4 is 5.43 Å². The van der Waals surface area contributed by atoms with E-state index in [1.807, 2.05) is 4.90 Å².